The van der Waals surface area contributed by atoms with Crippen LogP contribution < -0.4 is 10.6 Å². The summed E-state index contributed by atoms with van der Waals surface area (Å²) in [6.07, 6.45) is 3.67. The molecule has 0 unspecified atom stereocenters. The van der Waals surface area contributed by atoms with Gasteiger partial charge in [0.1, 0.15) is 16.5 Å². The van der Waals surface area contributed by atoms with Crippen molar-refractivity contribution >= 4 is 39.5 Å². The Bertz CT molecular complexity index is 1300. The molecule has 2 aliphatic rings. The Morgan fingerprint density at radius 2 is 2.06 bits per heavy atom. The van der Waals surface area contributed by atoms with E-state index < -0.39 is 11.1 Å². The SMILES string of the molecule is CCC(C)(C)[C@H]1CCc2c(sc3c2C(=O)N[C@H](c2ccc(-c4ccc([N+](=O)[O-])cc4Cl)o2)N3)C1. The maximum absolute atomic E-state index is 13.1. The second kappa shape index (κ2) is 8.43. The molecule has 0 fully saturated rings. The molecule has 1 aliphatic heterocycles. The molecule has 2 atom stereocenters. The molecule has 0 spiro atoms. The molecule has 0 bridgehead atoms. The van der Waals surface area contributed by atoms with Crippen LogP contribution in [0, 0.1) is 21.4 Å². The van der Waals surface area contributed by atoms with Gasteiger partial charge < -0.3 is 15.1 Å². The highest BCUT2D eigenvalue weighted by Crippen LogP contribution is 2.47. The summed E-state index contributed by atoms with van der Waals surface area (Å²) in [6.45, 7) is 6.92. The largest absolute Gasteiger partial charge is 0.457 e. The molecule has 3 aromatic rings. The number of benzene rings is 1. The molecule has 0 saturated carbocycles. The number of nitrogens with one attached hydrogen (secondary N) is 2. The number of nitrogens with zero attached hydrogens (tertiary/aromatic N) is 1. The molecule has 1 amide bonds. The number of thiophene rings is 1. The number of amides is 1. The van der Waals surface area contributed by atoms with Crippen LogP contribution in [0.15, 0.2) is 34.7 Å². The van der Waals surface area contributed by atoms with Crippen LogP contribution in [-0.4, -0.2) is 10.8 Å². The Balaban J connectivity index is 1.39. The molecule has 1 aliphatic carbocycles. The number of carbonyl (C=O) groups is 1. The molecule has 178 valence electrons. The number of nitro benzene ring substituents is 1. The first kappa shape index (κ1) is 22.9. The van der Waals surface area contributed by atoms with Crippen molar-refractivity contribution in [1.29, 1.82) is 0 Å². The van der Waals surface area contributed by atoms with Crippen LogP contribution in [0.1, 0.15) is 66.3 Å². The molecule has 1 aromatic carbocycles. The number of hydrogen-bond donors (Lipinski definition) is 2. The third-order valence-corrected chi connectivity index (χ3v) is 8.90. The van der Waals surface area contributed by atoms with E-state index in [1.54, 1.807) is 29.5 Å². The highest BCUT2D eigenvalue weighted by Gasteiger charge is 2.38. The second-order valence-electron chi connectivity index (χ2n) is 9.66. The van der Waals surface area contributed by atoms with Crippen molar-refractivity contribution in [3.8, 4) is 11.3 Å². The van der Waals surface area contributed by atoms with Gasteiger partial charge >= 0.3 is 0 Å². The molecule has 5 rings (SSSR count). The molecular formula is C25H26ClN3O4S. The Hall–Kier alpha value is -2.84. The smallest absolute Gasteiger partial charge is 0.270 e. The topological polar surface area (TPSA) is 97.4 Å². The molecule has 2 N–H and O–H groups in total. The lowest BCUT2D eigenvalue weighted by atomic mass is 9.69. The van der Waals surface area contributed by atoms with Gasteiger partial charge in [-0.3, -0.25) is 14.9 Å². The quantitative estimate of drug-likeness (QED) is 0.292. The van der Waals surface area contributed by atoms with Crippen LogP contribution in [0.3, 0.4) is 0 Å². The van der Waals surface area contributed by atoms with Crippen molar-refractivity contribution in [3.63, 3.8) is 0 Å². The van der Waals surface area contributed by atoms with Gasteiger partial charge in [-0.05, 0) is 54.4 Å². The molecule has 34 heavy (non-hydrogen) atoms. The maximum atomic E-state index is 13.1. The molecule has 7 nitrogen and oxygen atoms in total. The number of non-ortho nitro benzene ring substituents is 1. The fraction of sp³-hybridized carbons (Fsp3) is 0.400. The van der Waals surface area contributed by atoms with Crippen LogP contribution >= 0.6 is 22.9 Å². The van der Waals surface area contributed by atoms with Gasteiger partial charge in [0.25, 0.3) is 11.6 Å². The number of fused-ring (bicyclic) bond motifs is 3. The Morgan fingerprint density at radius 1 is 1.26 bits per heavy atom. The van der Waals surface area contributed by atoms with Crippen molar-refractivity contribution in [3.05, 3.63) is 67.2 Å². The lowest BCUT2D eigenvalue weighted by Crippen LogP contribution is -2.38. The molecule has 2 aromatic heterocycles. The van der Waals surface area contributed by atoms with E-state index >= 15 is 0 Å². The standard InChI is InChI=1S/C25H26ClN3O4S/c1-4-25(2,3)13-5-7-16-20(11-13)34-24-21(16)23(30)27-22(28-24)19-10-9-18(33-19)15-8-6-14(29(31)32)12-17(15)26/h6,8-10,12-13,22,28H,4-5,7,11H2,1-3H3,(H,27,30)/t13-,22-/m0/s1. The average Bonchev–Trinajstić information content (AvgIpc) is 3.43. The molecule has 9 heteroatoms. The molecule has 0 radical (unpaired) electrons. The van der Waals surface area contributed by atoms with E-state index in [0.717, 1.165) is 36.2 Å². The Kier molecular flexibility index (Phi) is 5.68. The Labute approximate surface area is 206 Å². The molecule has 0 saturated heterocycles. The second-order valence-corrected chi connectivity index (χ2v) is 11.2. The summed E-state index contributed by atoms with van der Waals surface area (Å²) in [7, 11) is 0. The third kappa shape index (κ3) is 3.88. The lowest BCUT2D eigenvalue weighted by Gasteiger charge is -2.36. The van der Waals surface area contributed by atoms with E-state index in [1.165, 1.54) is 22.6 Å². The first-order valence-electron chi connectivity index (χ1n) is 11.4. The first-order chi connectivity index (χ1) is 16.2. The summed E-state index contributed by atoms with van der Waals surface area (Å²) in [4.78, 5) is 24.9. The number of nitro groups is 1. The van der Waals surface area contributed by atoms with Gasteiger partial charge in [0, 0.05) is 22.6 Å². The normalized spacial score (nSPS) is 19.7. The van der Waals surface area contributed by atoms with Crippen LogP contribution in [0.25, 0.3) is 11.3 Å². The van der Waals surface area contributed by atoms with E-state index in [4.69, 9.17) is 16.0 Å². The minimum Gasteiger partial charge on any atom is -0.457 e. The zero-order valence-electron chi connectivity index (χ0n) is 19.2. The summed E-state index contributed by atoms with van der Waals surface area (Å²) in [5.74, 6) is 1.55. The summed E-state index contributed by atoms with van der Waals surface area (Å²) >= 11 is 7.94. The summed E-state index contributed by atoms with van der Waals surface area (Å²) in [5, 5.41) is 18.6. The number of hydrogen-bond acceptors (Lipinski definition) is 6. The summed E-state index contributed by atoms with van der Waals surface area (Å²) in [5.41, 5.74) is 2.71. The van der Waals surface area contributed by atoms with Gasteiger partial charge in [-0.1, -0.05) is 38.8 Å². The van der Waals surface area contributed by atoms with Crippen LogP contribution in [0.2, 0.25) is 5.02 Å². The van der Waals surface area contributed by atoms with E-state index in [2.05, 4.69) is 31.4 Å². The van der Waals surface area contributed by atoms with Crippen molar-refractivity contribution in [2.24, 2.45) is 11.3 Å². The summed E-state index contributed by atoms with van der Waals surface area (Å²) in [6, 6.07) is 7.79. The van der Waals surface area contributed by atoms with Gasteiger partial charge in [0.15, 0.2) is 6.17 Å². The van der Waals surface area contributed by atoms with Crippen molar-refractivity contribution in [2.75, 3.05) is 5.32 Å². The Morgan fingerprint density at radius 3 is 2.76 bits per heavy atom. The first-order valence-corrected chi connectivity index (χ1v) is 12.6. The van der Waals surface area contributed by atoms with Crippen molar-refractivity contribution in [2.45, 2.75) is 52.6 Å². The number of anilines is 1. The van der Waals surface area contributed by atoms with Crippen LogP contribution in [0.5, 0.6) is 0 Å². The number of rotatable bonds is 5. The highest BCUT2D eigenvalue weighted by atomic mass is 35.5. The van der Waals surface area contributed by atoms with E-state index in [-0.39, 0.29) is 22.0 Å². The van der Waals surface area contributed by atoms with Gasteiger partial charge in [-0.25, -0.2) is 0 Å². The van der Waals surface area contributed by atoms with Crippen LogP contribution in [-0.2, 0) is 12.8 Å². The minimum atomic E-state index is -0.506. The fourth-order valence-electron chi connectivity index (χ4n) is 4.87. The molecular weight excluding hydrogens is 474 g/mol. The minimum absolute atomic E-state index is 0.0829. The average molecular weight is 500 g/mol. The number of carbonyl (C=O) groups excluding carboxylic acids is 1. The van der Waals surface area contributed by atoms with Crippen LogP contribution in [0.4, 0.5) is 10.7 Å². The zero-order chi connectivity index (χ0) is 24.2. The van der Waals surface area contributed by atoms with Crippen molar-refractivity contribution in [1.82, 2.24) is 5.32 Å². The molecule has 3 heterocycles. The predicted molar refractivity (Wildman–Crippen MR) is 134 cm³/mol. The van der Waals surface area contributed by atoms with Gasteiger partial charge in [-0.2, -0.15) is 0 Å². The highest BCUT2D eigenvalue weighted by molar-refractivity contribution is 7.16. The summed E-state index contributed by atoms with van der Waals surface area (Å²) < 4.78 is 6.01. The predicted octanol–water partition coefficient (Wildman–Crippen LogP) is 6.96. The van der Waals surface area contributed by atoms with E-state index in [9.17, 15) is 14.9 Å². The van der Waals surface area contributed by atoms with E-state index in [1.807, 2.05) is 0 Å². The van der Waals surface area contributed by atoms with Gasteiger partial charge in [-0.15, -0.1) is 11.3 Å². The fourth-order valence-corrected chi connectivity index (χ4v) is 6.49. The van der Waals surface area contributed by atoms with Crippen molar-refractivity contribution < 1.29 is 14.1 Å². The number of halogens is 1. The van der Waals surface area contributed by atoms with Gasteiger partial charge in [0.05, 0.1) is 15.5 Å². The maximum Gasteiger partial charge on any atom is 0.270 e. The zero-order valence-corrected chi connectivity index (χ0v) is 20.8. The van der Waals surface area contributed by atoms with E-state index in [0.29, 0.717) is 23.0 Å². The third-order valence-electron chi connectivity index (χ3n) is 7.40. The lowest BCUT2D eigenvalue weighted by molar-refractivity contribution is -0.384. The number of furan rings is 1. The monoisotopic (exact) mass is 499 g/mol. The van der Waals surface area contributed by atoms with Gasteiger partial charge in [0.2, 0.25) is 0 Å².